The van der Waals surface area contributed by atoms with Gasteiger partial charge in [0.15, 0.2) is 0 Å². The number of carbonyl (C=O) groups is 2. The highest BCUT2D eigenvalue weighted by Gasteiger charge is 2.29. The number of anilines is 1. The molecule has 1 saturated heterocycles. The van der Waals surface area contributed by atoms with E-state index in [-0.39, 0.29) is 29.9 Å². The highest BCUT2D eigenvalue weighted by atomic mass is 35.5. The number of amides is 3. The van der Waals surface area contributed by atoms with Crippen LogP contribution < -0.4 is 16.4 Å². The number of urea groups is 1. The van der Waals surface area contributed by atoms with E-state index < -0.39 is 17.4 Å². The first-order chi connectivity index (χ1) is 11.3. The van der Waals surface area contributed by atoms with Crippen LogP contribution in [0.25, 0.3) is 0 Å². The fraction of sp³-hybridized carbons (Fsp3) is 0.529. The largest absolute Gasteiger partial charge is 0.354 e. The normalized spacial score (nSPS) is 17.4. The van der Waals surface area contributed by atoms with E-state index in [2.05, 4.69) is 10.6 Å². The molecule has 1 atom stereocenters. The Labute approximate surface area is 153 Å². The van der Waals surface area contributed by atoms with Gasteiger partial charge in [0.05, 0.1) is 11.6 Å². The molecule has 1 aromatic rings. The minimum absolute atomic E-state index is 0. The number of piperidine rings is 1. The maximum absolute atomic E-state index is 13.6. The summed E-state index contributed by atoms with van der Waals surface area (Å²) in [5.41, 5.74) is 5.52. The fourth-order valence-electron chi connectivity index (χ4n) is 2.59. The molecule has 0 spiro atoms. The molecular weight excluding hydrogens is 347 g/mol. The number of likely N-dealkylation sites (tertiary alicyclic amines) is 1. The Bertz CT molecular complexity index is 607. The second-order valence-electron chi connectivity index (χ2n) is 6.90. The molecule has 6 nitrogen and oxygen atoms in total. The van der Waals surface area contributed by atoms with Crippen molar-refractivity contribution < 1.29 is 14.0 Å². The summed E-state index contributed by atoms with van der Waals surface area (Å²) in [6, 6.07) is 5.61. The van der Waals surface area contributed by atoms with Crippen LogP contribution in [0.5, 0.6) is 0 Å². The van der Waals surface area contributed by atoms with Crippen LogP contribution in [0.4, 0.5) is 14.9 Å². The second kappa shape index (κ2) is 9.01. The minimum atomic E-state index is -0.484. The summed E-state index contributed by atoms with van der Waals surface area (Å²) in [7, 11) is 0. The zero-order valence-electron chi connectivity index (χ0n) is 14.5. The van der Waals surface area contributed by atoms with Gasteiger partial charge in [0.2, 0.25) is 5.91 Å². The molecule has 1 heterocycles. The lowest BCUT2D eigenvalue weighted by Crippen LogP contribution is -2.50. The quantitative estimate of drug-likeness (QED) is 0.758. The predicted octanol–water partition coefficient (Wildman–Crippen LogP) is 2.34. The van der Waals surface area contributed by atoms with Crippen molar-refractivity contribution >= 4 is 30.0 Å². The molecule has 1 aliphatic rings. The van der Waals surface area contributed by atoms with Crippen LogP contribution in [0.1, 0.15) is 26.7 Å². The molecule has 0 aromatic heterocycles. The Morgan fingerprint density at radius 3 is 2.68 bits per heavy atom. The summed E-state index contributed by atoms with van der Waals surface area (Å²) in [6.45, 7) is 4.91. The summed E-state index contributed by atoms with van der Waals surface area (Å²) in [5, 5.41) is 5.38. The number of nitrogens with zero attached hydrogens (tertiary/aromatic N) is 1. The number of hydrogen-bond acceptors (Lipinski definition) is 3. The fourth-order valence-corrected chi connectivity index (χ4v) is 2.59. The van der Waals surface area contributed by atoms with Gasteiger partial charge in [-0.2, -0.15) is 0 Å². The monoisotopic (exact) mass is 372 g/mol. The van der Waals surface area contributed by atoms with Crippen molar-refractivity contribution in [3.63, 3.8) is 0 Å². The summed E-state index contributed by atoms with van der Waals surface area (Å²) < 4.78 is 13.6. The highest BCUT2D eigenvalue weighted by Crippen LogP contribution is 2.19. The SMILES string of the molecule is CC(C)(N)CNC(=O)C1CCCN(C(=O)Nc2ccccc2F)C1.Cl. The zero-order chi connectivity index (χ0) is 17.7. The molecule has 0 aliphatic carbocycles. The molecule has 1 aliphatic heterocycles. The van der Waals surface area contributed by atoms with Crippen LogP contribution in [0.15, 0.2) is 24.3 Å². The third kappa shape index (κ3) is 6.51. The number of rotatable bonds is 4. The highest BCUT2D eigenvalue weighted by molar-refractivity contribution is 5.90. The molecular formula is C17H26ClFN4O2. The molecule has 1 unspecified atom stereocenters. The molecule has 3 amide bonds. The lowest BCUT2D eigenvalue weighted by molar-refractivity contribution is -0.126. The molecule has 25 heavy (non-hydrogen) atoms. The van der Waals surface area contributed by atoms with Gasteiger partial charge in [-0.15, -0.1) is 12.4 Å². The maximum Gasteiger partial charge on any atom is 0.321 e. The van der Waals surface area contributed by atoms with Crippen molar-refractivity contribution in [2.45, 2.75) is 32.2 Å². The number of carbonyl (C=O) groups excluding carboxylic acids is 2. The summed E-state index contributed by atoms with van der Waals surface area (Å²) in [4.78, 5) is 26.1. The van der Waals surface area contributed by atoms with Gasteiger partial charge in [0.25, 0.3) is 0 Å². The summed E-state index contributed by atoms with van der Waals surface area (Å²) in [5.74, 6) is -0.855. The van der Waals surface area contributed by atoms with Crippen molar-refractivity contribution in [2.75, 3.05) is 25.0 Å². The molecule has 140 valence electrons. The Morgan fingerprint density at radius 2 is 2.04 bits per heavy atom. The van der Waals surface area contributed by atoms with Crippen LogP contribution in [0.2, 0.25) is 0 Å². The van der Waals surface area contributed by atoms with Gasteiger partial charge in [-0.05, 0) is 38.8 Å². The van der Waals surface area contributed by atoms with Crippen molar-refractivity contribution in [1.29, 1.82) is 0 Å². The van der Waals surface area contributed by atoms with Gasteiger partial charge in [0.1, 0.15) is 5.82 Å². The van der Waals surface area contributed by atoms with Crippen LogP contribution >= 0.6 is 12.4 Å². The Morgan fingerprint density at radius 1 is 1.36 bits per heavy atom. The van der Waals surface area contributed by atoms with Crippen LogP contribution in [-0.4, -0.2) is 42.0 Å². The molecule has 0 saturated carbocycles. The maximum atomic E-state index is 13.6. The van der Waals surface area contributed by atoms with Crippen LogP contribution in [0.3, 0.4) is 0 Å². The third-order valence-electron chi connectivity index (χ3n) is 3.91. The molecule has 1 aromatic carbocycles. The van der Waals surface area contributed by atoms with Gasteiger partial charge in [-0.3, -0.25) is 4.79 Å². The molecule has 1 fully saturated rings. The van der Waals surface area contributed by atoms with Gasteiger partial charge >= 0.3 is 6.03 Å². The first kappa shape index (κ1) is 21.2. The van der Waals surface area contributed by atoms with Gasteiger partial charge in [-0.25, -0.2) is 9.18 Å². The second-order valence-corrected chi connectivity index (χ2v) is 6.90. The molecule has 2 rings (SSSR count). The number of benzene rings is 1. The standard InChI is InChI=1S/C17H25FN4O2.ClH/c1-17(2,19)11-20-15(23)12-6-5-9-22(10-12)16(24)21-14-8-4-3-7-13(14)18;/h3-4,7-8,12H,5-6,9-11,19H2,1-2H3,(H,20,23)(H,21,24);1H. The van der Waals surface area contributed by atoms with E-state index in [9.17, 15) is 14.0 Å². The van der Waals surface area contributed by atoms with E-state index in [1.165, 1.54) is 12.1 Å². The van der Waals surface area contributed by atoms with Gasteiger partial charge in [0, 0.05) is 25.2 Å². The number of halogens is 2. The summed E-state index contributed by atoms with van der Waals surface area (Å²) in [6.07, 6.45) is 1.45. The first-order valence-electron chi connectivity index (χ1n) is 8.13. The van der Waals surface area contributed by atoms with Crippen LogP contribution in [0, 0.1) is 11.7 Å². The van der Waals surface area contributed by atoms with E-state index in [0.29, 0.717) is 19.6 Å². The van der Waals surface area contributed by atoms with Crippen molar-refractivity contribution in [1.82, 2.24) is 10.2 Å². The topological polar surface area (TPSA) is 87.5 Å². The van der Waals surface area contributed by atoms with Gasteiger partial charge < -0.3 is 21.3 Å². The van der Waals surface area contributed by atoms with Gasteiger partial charge in [-0.1, -0.05) is 12.1 Å². The van der Waals surface area contributed by atoms with E-state index in [0.717, 1.165) is 12.8 Å². The molecule has 8 heteroatoms. The van der Waals surface area contributed by atoms with E-state index in [1.54, 1.807) is 17.0 Å². The Hall–Kier alpha value is -1.86. The average Bonchev–Trinajstić information content (AvgIpc) is 2.54. The molecule has 0 bridgehead atoms. The Kier molecular flexibility index (Phi) is 7.63. The van der Waals surface area contributed by atoms with E-state index >= 15 is 0 Å². The predicted molar refractivity (Wildman–Crippen MR) is 98.2 cm³/mol. The van der Waals surface area contributed by atoms with Crippen molar-refractivity contribution in [3.05, 3.63) is 30.1 Å². The number of para-hydroxylation sites is 1. The number of hydrogen-bond donors (Lipinski definition) is 3. The van der Waals surface area contributed by atoms with Crippen molar-refractivity contribution in [3.8, 4) is 0 Å². The Balaban J connectivity index is 0.00000312. The zero-order valence-corrected chi connectivity index (χ0v) is 15.4. The average molecular weight is 373 g/mol. The molecule has 0 radical (unpaired) electrons. The van der Waals surface area contributed by atoms with Crippen molar-refractivity contribution in [2.24, 2.45) is 11.7 Å². The minimum Gasteiger partial charge on any atom is -0.354 e. The number of nitrogens with one attached hydrogen (secondary N) is 2. The van der Waals surface area contributed by atoms with E-state index in [4.69, 9.17) is 5.73 Å². The molecule has 4 N–H and O–H groups in total. The lowest BCUT2D eigenvalue weighted by Gasteiger charge is -2.32. The third-order valence-corrected chi connectivity index (χ3v) is 3.91. The summed E-state index contributed by atoms with van der Waals surface area (Å²) >= 11 is 0. The number of nitrogens with two attached hydrogens (primary N) is 1. The van der Waals surface area contributed by atoms with E-state index in [1.807, 2.05) is 13.8 Å². The van der Waals surface area contributed by atoms with Crippen LogP contribution in [-0.2, 0) is 4.79 Å². The smallest absolute Gasteiger partial charge is 0.321 e. The first-order valence-corrected chi connectivity index (χ1v) is 8.13. The lowest BCUT2D eigenvalue weighted by atomic mass is 9.97.